The number of anilines is 1. The molecule has 0 aliphatic rings. The number of hydrogen-bond donors (Lipinski definition) is 0. The molecule has 2 rings (SSSR count). The van der Waals surface area contributed by atoms with Crippen LogP contribution in [0.5, 0.6) is 0 Å². The Morgan fingerprint density at radius 3 is 2.81 bits per heavy atom. The Morgan fingerprint density at radius 2 is 2.25 bits per heavy atom. The number of halogens is 2. The Kier molecular flexibility index (Phi) is 4.24. The molecular weight excluding hydrogens is 328 g/mol. The summed E-state index contributed by atoms with van der Waals surface area (Å²) in [5.74, 6) is 0.480. The lowest BCUT2D eigenvalue weighted by Gasteiger charge is -2.14. The molecule has 0 unspecified atom stereocenters. The summed E-state index contributed by atoms with van der Waals surface area (Å²) in [6.45, 7) is 0.872. The first-order valence-corrected chi connectivity index (χ1v) is 7.72. The van der Waals surface area contributed by atoms with E-state index in [-0.39, 0.29) is 0 Å². The van der Waals surface area contributed by atoms with Crippen LogP contribution in [0.3, 0.4) is 0 Å². The van der Waals surface area contributed by atoms with Gasteiger partial charge in [-0.25, -0.2) is 4.98 Å². The normalized spacial score (nSPS) is 10.7. The lowest BCUT2D eigenvalue weighted by molar-refractivity contribution is 0.914. The number of hydrogen-bond acceptors (Lipinski definition) is 4. The first-order chi connectivity index (χ1) is 7.69. The van der Waals surface area contributed by atoms with Crippen LogP contribution >= 0.6 is 50.2 Å². The second-order valence-electron chi connectivity index (χ2n) is 3.37. The highest BCUT2D eigenvalue weighted by molar-refractivity contribution is 9.11. The molecule has 0 fully saturated rings. The van der Waals surface area contributed by atoms with Crippen LogP contribution in [0.4, 0.5) is 5.13 Å². The highest BCUT2D eigenvalue weighted by atomic mass is 79.9. The van der Waals surface area contributed by atoms with Gasteiger partial charge in [0.2, 0.25) is 0 Å². The summed E-state index contributed by atoms with van der Waals surface area (Å²) >= 11 is 12.5. The maximum absolute atomic E-state index is 5.73. The summed E-state index contributed by atoms with van der Waals surface area (Å²) in [5.41, 5.74) is 2.24. The van der Waals surface area contributed by atoms with Gasteiger partial charge in [0, 0.05) is 19.0 Å². The molecule has 0 atom stereocenters. The van der Waals surface area contributed by atoms with Crippen molar-refractivity contribution >= 4 is 55.3 Å². The number of thiazole rings is 1. The van der Waals surface area contributed by atoms with Gasteiger partial charge in [-0.05, 0) is 32.9 Å². The average molecular weight is 338 g/mol. The molecule has 0 aliphatic heterocycles. The van der Waals surface area contributed by atoms with Gasteiger partial charge in [0.05, 0.1) is 15.4 Å². The number of rotatable bonds is 4. The summed E-state index contributed by atoms with van der Waals surface area (Å²) < 4.78 is 1.16. The summed E-state index contributed by atoms with van der Waals surface area (Å²) in [6.07, 6.45) is 0. The lowest BCUT2D eigenvalue weighted by Crippen LogP contribution is -2.15. The van der Waals surface area contributed by atoms with Crippen LogP contribution in [-0.2, 0) is 12.4 Å². The number of alkyl halides is 1. The first kappa shape index (κ1) is 12.4. The maximum Gasteiger partial charge on any atom is 0.185 e. The molecule has 6 heteroatoms. The van der Waals surface area contributed by atoms with Crippen molar-refractivity contribution in [3.05, 3.63) is 31.9 Å². The third kappa shape index (κ3) is 2.97. The molecule has 2 aromatic rings. The highest BCUT2D eigenvalue weighted by Crippen LogP contribution is 2.25. The van der Waals surface area contributed by atoms with Crippen molar-refractivity contribution in [2.24, 2.45) is 0 Å². The van der Waals surface area contributed by atoms with E-state index in [2.05, 4.69) is 37.3 Å². The second kappa shape index (κ2) is 5.49. The van der Waals surface area contributed by atoms with E-state index >= 15 is 0 Å². The van der Waals surface area contributed by atoms with Crippen molar-refractivity contribution in [3.63, 3.8) is 0 Å². The fourth-order valence-electron chi connectivity index (χ4n) is 1.30. The van der Waals surface area contributed by atoms with Gasteiger partial charge >= 0.3 is 0 Å². The fourth-order valence-corrected chi connectivity index (χ4v) is 3.52. The Hall–Kier alpha value is -0.100. The molecule has 0 saturated carbocycles. The van der Waals surface area contributed by atoms with Crippen molar-refractivity contribution in [2.75, 3.05) is 11.9 Å². The van der Waals surface area contributed by atoms with Crippen molar-refractivity contribution in [1.82, 2.24) is 4.98 Å². The molecule has 0 N–H and O–H groups in total. The monoisotopic (exact) mass is 336 g/mol. The molecule has 0 aromatic carbocycles. The Labute approximate surface area is 116 Å². The van der Waals surface area contributed by atoms with Gasteiger partial charge in [-0.3, -0.25) is 0 Å². The van der Waals surface area contributed by atoms with E-state index in [1.165, 1.54) is 5.56 Å². The maximum atomic E-state index is 5.73. The van der Waals surface area contributed by atoms with Crippen LogP contribution in [0, 0.1) is 0 Å². The summed E-state index contributed by atoms with van der Waals surface area (Å²) in [4.78, 5) is 6.57. The molecule has 0 bridgehead atoms. The zero-order chi connectivity index (χ0) is 11.5. The summed E-state index contributed by atoms with van der Waals surface area (Å²) in [5, 5.41) is 5.16. The molecule has 0 radical (unpaired) electrons. The molecular formula is C10H10BrClN2S2. The molecule has 0 amide bonds. The minimum absolute atomic E-state index is 0.480. The molecule has 2 heterocycles. The molecule has 86 valence electrons. The SMILES string of the molecule is CN(Cc1csc(Br)c1)c1nc(CCl)cs1. The zero-order valence-electron chi connectivity index (χ0n) is 8.61. The van der Waals surface area contributed by atoms with Crippen LogP contribution in [-0.4, -0.2) is 12.0 Å². The van der Waals surface area contributed by atoms with Gasteiger partial charge in [-0.15, -0.1) is 34.3 Å². The number of nitrogens with zero attached hydrogens (tertiary/aromatic N) is 2. The van der Waals surface area contributed by atoms with E-state index in [0.29, 0.717) is 5.88 Å². The van der Waals surface area contributed by atoms with Crippen molar-refractivity contribution < 1.29 is 0 Å². The zero-order valence-corrected chi connectivity index (χ0v) is 12.6. The predicted molar refractivity (Wildman–Crippen MR) is 75.8 cm³/mol. The van der Waals surface area contributed by atoms with E-state index in [0.717, 1.165) is 21.2 Å². The minimum Gasteiger partial charge on any atom is -0.347 e. The van der Waals surface area contributed by atoms with Crippen LogP contribution in [0.1, 0.15) is 11.3 Å². The number of aromatic nitrogens is 1. The standard InChI is InChI=1S/C10H10BrClN2S2/c1-14(4-7-2-9(11)15-5-7)10-13-8(3-12)6-16-10/h2,5-6H,3-4H2,1H3. The van der Waals surface area contributed by atoms with E-state index < -0.39 is 0 Å². The van der Waals surface area contributed by atoms with Crippen LogP contribution < -0.4 is 4.90 Å². The predicted octanol–water partition coefficient (Wildman–Crippen LogP) is 4.34. The molecule has 0 saturated heterocycles. The van der Waals surface area contributed by atoms with Crippen molar-refractivity contribution in [2.45, 2.75) is 12.4 Å². The van der Waals surface area contributed by atoms with Gasteiger partial charge in [-0.2, -0.15) is 0 Å². The van der Waals surface area contributed by atoms with E-state index in [9.17, 15) is 0 Å². The fraction of sp³-hybridized carbons (Fsp3) is 0.300. The van der Waals surface area contributed by atoms with Gasteiger partial charge in [0.15, 0.2) is 5.13 Å². The van der Waals surface area contributed by atoms with Crippen molar-refractivity contribution in [3.8, 4) is 0 Å². The van der Waals surface area contributed by atoms with E-state index in [1.807, 2.05) is 12.4 Å². The van der Waals surface area contributed by atoms with Crippen LogP contribution in [0.25, 0.3) is 0 Å². The lowest BCUT2D eigenvalue weighted by atomic mass is 10.3. The van der Waals surface area contributed by atoms with E-state index in [1.54, 1.807) is 22.7 Å². The smallest absolute Gasteiger partial charge is 0.185 e. The number of thiophene rings is 1. The Balaban J connectivity index is 2.05. The van der Waals surface area contributed by atoms with Gasteiger partial charge < -0.3 is 4.90 Å². The highest BCUT2D eigenvalue weighted by Gasteiger charge is 2.08. The van der Waals surface area contributed by atoms with Crippen molar-refractivity contribution in [1.29, 1.82) is 0 Å². The molecule has 2 aromatic heterocycles. The van der Waals surface area contributed by atoms with Gasteiger partial charge in [0.25, 0.3) is 0 Å². The summed E-state index contributed by atoms with van der Waals surface area (Å²) in [6, 6.07) is 2.14. The van der Waals surface area contributed by atoms with Gasteiger partial charge in [0.1, 0.15) is 0 Å². The van der Waals surface area contributed by atoms with Crippen LogP contribution in [0.15, 0.2) is 20.6 Å². The topological polar surface area (TPSA) is 16.1 Å². The quantitative estimate of drug-likeness (QED) is 0.771. The third-order valence-corrected chi connectivity index (χ3v) is 4.88. The third-order valence-electron chi connectivity index (χ3n) is 2.04. The second-order valence-corrected chi connectivity index (χ2v) is 6.76. The Bertz CT molecular complexity index is 469. The molecule has 0 aliphatic carbocycles. The summed E-state index contributed by atoms with van der Waals surface area (Å²) in [7, 11) is 2.04. The van der Waals surface area contributed by atoms with Crippen LogP contribution in [0.2, 0.25) is 0 Å². The van der Waals surface area contributed by atoms with E-state index in [4.69, 9.17) is 11.6 Å². The Morgan fingerprint density at radius 1 is 1.44 bits per heavy atom. The average Bonchev–Trinajstić information content (AvgIpc) is 2.87. The first-order valence-electron chi connectivity index (χ1n) is 4.63. The minimum atomic E-state index is 0.480. The molecule has 2 nitrogen and oxygen atoms in total. The molecule has 16 heavy (non-hydrogen) atoms. The largest absolute Gasteiger partial charge is 0.347 e. The molecule has 0 spiro atoms. The van der Waals surface area contributed by atoms with Gasteiger partial charge in [-0.1, -0.05) is 0 Å².